The molecular formula is C23H21FN2O3S. The van der Waals surface area contributed by atoms with Crippen LogP contribution in [0.5, 0.6) is 5.75 Å². The number of sulfone groups is 1. The van der Waals surface area contributed by atoms with Crippen molar-refractivity contribution in [2.45, 2.75) is 24.7 Å². The molecule has 0 amide bonds. The number of rotatable bonds is 7. The Morgan fingerprint density at radius 2 is 1.83 bits per heavy atom. The van der Waals surface area contributed by atoms with Gasteiger partial charge in [0.05, 0.1) is 17.1 Å². The Kier molecular flexibility index (Phi) is 6.48. The minimum atomic E-state index is -3.53. The zero-order valence-corrected chi connectivity index (χ0v) is 17.5. The van der Waals surface area contributed by atoms with Crippen LogP contribution in [0.3, 0.4) is 0 Å². The Morgan fingerprint density at radius 1 is 1.10 bits per heavy atom. The topological polar surface area (TPSA) is 80.1 Å². The second-order valence-corrected chi connectivity index (χ2v) is 8.91. The maximum Gasteiger partial charge on any atom is 0.175 e. The summed E-state index contributed by atoms with van der Waals surface area (Å²) in [5.74, 6) is -0.0188. The van der Waals surface area contributed by atoms with Crippen LogP contribution in [-0.2, 0) is 9.84 Å². The standard InChI is InChI=1S/C23H21FN2O3S/c1-3-4-9-29-22-12-20(30(2,27)28)11-21(17-5-7-19(24)8-6-17)23(22)18-10-16(13-25)14-26-15-18/h5-8,10-12,14-15H,3-4,9H2,1-2H3. The number of nitrogens with zero attached hydrogens (tertiary/aromatic N) is 2. The zero-order chi connectivity index (χ0) is 21.7. The van der Waals surface area contributed by atoms with Crippen LogP contribution in [0.1, 0.15) is 25.3 Å². The molecular weight excluding hydrogens is 403 g/mol. The van der Waals surface area contributed by atoms with Gasteiger partial charge >= 0.3 is 0 Å². The van der Waals surface area contributed by atoms with E-state index in [2.05, 4.69) is 11.1 Å². The molecule has 0 saturated heterocycles. The Labute approximate surface area is 175 Å². The molecule has 1 aromatic heterocycles. The SMILES string of the molecule is CCCCOc1cc(S(C)(=O)=O)cc(-c2ccc(F)cc2)c1-c1cncc(C#N)c1. The lowest BCUT2D eigenvalue weighted by molar-refractivity contribution is 0.310. The molecule has 0 spiro atoms. The van der Waals surface area contributed by atoms with Crippen LogP contribution < -0.4 is 4.74 Å². The van der Waals surface area contributed by atoms with Crippen molar-refractivity contribution in [2.24, 2.45) is 0 Å². The molecule has 0 saturated carbocycles. The smallest absolute Gasteiger partial charge is 0.175 e. The summed E-state index contributed by atoms with van der Waals surface area (Å²) in [6.45, 7) is 2.44. The predicted molar refractivity (Wildman–Crippen MR) is 113 cm³/mol. The predicted octanol–water partition coefficient (Wildman–Crippen LogP) is 5.01. The number of benzene rings is 2. The average molecular weight is 424 g/mol. The molecule has 5 nitrogen and oxygen atoms in total. The van der Waals surface area contributed by atoms with Gasteiger partial charge in [0.25, 0.3) is 0 Å². The molecule has 3 aromatic rings. The summed E-state index contributed by atoms with van der Waals surface area (Å²) in [6.07, 6.45) is 5.88. The third kappa shape index (κ3) is 4.84. The summed E-state index contributed by atoms with van der Waals surface area (Å²) < 4.78 is 44.1. The fourth-order valence-corrected chi connectivity index (χ4v) is 3.69. The third-order valence-corrected chi connectivity index (χ3v) is 5.66. The van der Waals surface area contributed by atoms with Crippen molar-refractivity contribution in [3.63, 3.8) is 0 Å². The van der Waals surface area contributed by atoms with E-state index in [4.69, 9.17) is 4.74 Å². The number of ether oxygens (including phenoxy) is 1. The number of unbranched alkanes of at least 4 members (excludes halogenated alkanes) is 1. The molecule has 0 aliphatic rings. The van der Waals surface area contributed by atoms with Crippen molar-refractivity contribution in [3.8, 4) is 34.1 Å². The fourth-order valence-electron chi connectivity index (χ4n) is 3.04. The average Bonchev–Trinajstić information content (AvgIpc) is 2.73. The Morgan fingerprint density at radius 3 is 2.47 bits per heavy atom. The van der Waals surface area contributed by atoms with Gasteiger partial charge < -0.3 is 4.74 Å². The molecule has 0 unspecified atom stereocenters. The summed E-state index contributed by atoms with van der Waals surface area (Å²) in [5.41, 5.74) is 2.76. The fraction of sp³-hybridized carbons (Fsp3) is 0.217. The van der Waals surface area contributed by atoms with Crippen molar-refractivity contribution in [1.29, 1.82) is 5.26 Å². The first-order valence-electron chi connectivity index (χ1n) is 9.46. The number of hydrogen-bond acceptors (Lipinski definition) is 5. The lowest BCUT2D eigenvalue weighted by Crippen LogP contribution is -2.04. The van der Waals surface area contributed by atoms with Crippen LogP contribution in [0.4, 0.5) is 4.39 Å². The van der Waals surface area contributed by atoms with Gasteiger partial charge in [-0.3, -0.25) is 4.98 Å². The maximum atomic E-state index is 13.5. The summed E-state index contributed by atoms with van der Waals surface area (Å²) in [4.78, 5) is 4.23. The molecule has 2 aromatic carbocycles. The first kappa shape index (κ1) is 21.5. The Balaban J connectivity index is 2.34. The minimum absolute atomic E-state index is 0.0986. The van der Waals surface area contributed by atoms with E-state index in [-0.39, 0.29) is 4.90 Å². The van der Waals surface area contributed by atoms with Crippen LogP contribution >= 0.6 is 0 Å². The maximum absolute atomic E-state index is 13.5. The molecule has 0 fully saturated rings. The van der Waals surface area contributed by atoms with Gasteiger partial charge in [0.15, 0.2) is 9.84 Å². The van der Waals surface area contributed by atoms with Crippen LogP contribution in [0.15, 0.2) is 59.8 Å². The van der Waals surface area contributed by atoms with Crippen molar-refractivity contribution in [1.82, 2.24) is 4.98 Å². The highest BCUT2D eigenvalue weighted by Crippen LogP contribution is 2.41. The second kappa shape index (κ2) is 9.06. The van der Waals surface area contributed by atoms with E-state index in [0.29, 0.717) is 40.2 Å². The highest BCUT2D eigenvalue weighted by Gasteiger charge is 2.20. The summed E-state index contributed by atoms with van der Waals surface area (Å²) in [5, 5.41) is 9.28. The van der Waals surface area contributed by atoms with Crippen molar-refractivity contribution < 1.29 is 17.5 Å². The van der Waals surface area contributed by atoms with E-state index in [1.807, 2.05) is 6.92 Å². The normalized spacial score (nSPS) is 11.1. The molecule has 154 valence electrons. The van der Waals surface area contributed by atoms with Gasteiger partial charge in [-0.25, -0.2) is 12.8 Å². The van der Waals surface area contributed by atoms with Gasteiger partial charge in [0.1, 0.15) is 17.6 Å². The molecule has 1 heterocycles. The van der Waals surface area contributed by atoms with E-state index in [1.165, 1.54) is 24.4 Å². The van der Waals surface area contributed by atoms with Gasteiger partial charge in [-0.05, 0) is 47.9 Å². The van der Waals surface area contributed by atoms with Gasteiger partial charge in [0, 0.05) is 29.8 Å². The van der Waals surface area contributed by atoms with Gasteiger partial charge in [-0.15, -0.1) is 0 Å². The molecule has 0 bridgehead atoms. The van der Waals surface area contributed by atoms with Gasteiger partial charge in [-0.1, -0.05) is 25.5 Å². The van der Waals surface area contributed by atoms with E-state index in [0.717, 1.165) is 19.1 Å². The summed E-state index contributed by atoms with van der Waals surface area (Å²) in [6, 6.07) is 12.6. The van der Waals surface area contributed by atoms with Crippen molar-refractivity contribution in [2.75, 3.05) is 12.9 Å². The molecule has 0 aliphatic heterocycles. The van der Waals surface area contributed by atoms with Crippen molar-refractivity contribution >= 4 is 9.84 Å². The number of nitriles is 1. The third-order valence-electron chi connectivity index (χ3n) is 4.57. The monoisotopic (exact) mass is 424 g/mol. The summed E-state index contributed by atoms with van der Waals surface area (Å²) in [7, 11) is -3.53. The summed E-state index contributed by atoms with van der Waals surface area (Å²) >= 11 is 0. The molecule has 0 radical (unpaired) electrons. The molecule has 0 atom stereocenters. The highest BCUT2D eigenvalue weighted by atomic mass is 32.2. The van der Waals surface area contributed by atoms with E-state index in [9.17, 15) is 18.1 Å². The van der Waals surface area contributed by atoms with Crippen LogP contribution in [0.25, 0.3) is 22.3 Å². The van der Waals surface area contributed by atoms with Gasteiger partial charge in [0.2, 0.25) is 0 Å². The number of pyridine rings is 1. The van der Waals surface area contributed by atoms with E-state index < -0.39 is 15.7 Å². The largest absolute Gasteiger partial charge is 0.493 e. The number of hydrogen-bond donors (Lipinski definition) is 0. The number of aromatic nitrogens is 1. The second-order valence-electron chi connectivity index (χ2n) is 6.90. The number of halogens is 1. The zero-order valence-electron chi connectivity index (χ0n) is 16.7. The quantitative estimate of drug-likeness (QED) is 0.498. The van der Waals surface area contributed by atoms with Crippen LogP contribution in [0, 0.1) is 17.1 Å². The first-order chi connectivity index (χ1) is 14.3. The molecule has 3 rings (SSSR count). The molecule has 0 N–H and O–H groups in total. The molecule has 30 heavy (non-hydrogen) atoms. The minimum Gasteiger partial charge on any atom is -0.493 e. The Hall–Kier alpha value is -3.24. The first-order valence-corrected chi connectivity index (χ1v) is 11.3. The van der Waals surface area contributed by atoms with E-state index in [1.54, 1.807) is 30.5 Å². The van der Waals surface area contributed by atoms with Crippen LogP contribution in [0.2, 0.25) is 0 Å². The molecule has 7 heteroatoms. The highest BCUT2D eigenvalue weighted by molar-refractivity contribution is 7.90. The van der Waals surface area contributed by atoms with Gasteiger partial charge in [-0.2, -0.15) is 5.26 Å². The molecule has 0 aliphatic carbocycles. The van der Waals surface area contributed by atoms with Crippen molar-refractivity contribution in [3.05, 3.63) is 66.2 Å². The Bertz CT molecular complexity index is 1200. The van der Waals surface area contributed by atoms with E-state index >= 15 is 0 Å². The lowest BCUT2D eigenvalue weighted by Gasteiger charge is -2.18. The van der Waals surface area contributed by atoms with Crippen LogP contribution in [-0.4, -0.2) is 26.3 Å². The lowest BCUT2D eigenvalue weighted by atomic mass is 9.94.